The molecule has 116 valence electrons. The van der Waals surface area contributed by atoms with Crippen LogP contribution in [0.3, 0.4) is 0 Å². The van der Waals surface area contributed by atoms with Crippen molar-refractivity contribution in [2.24, 2.45) is 16.8 Å². The molecule has 5 heteroatoms. The Kier molecular flexibility index (Phi) is 6.10. The summed E-state index contributed by atoms with van der Waals surface area (Å²) in [4.78, 5) is 7.15. The molecule has 0 bridgehead atoms. The zero-order valence-electron chi connectivity index (χ0n) is 13.1. The molecule has 0 spiro atoms. The van der Waals surface area contributed by atoms with Crippen molar-refractivity contribution in [2.75, 3.05) is 46.0 Å². The van der Waals surface area contributed by atoms with E-state index in [4.69, 9.17) is 14.5 Å². The normalized spacial score (nSPS) is 32.2. The van der Waals surface area contributed by atoms with Crippen LogP contribution in [0.5, 0.6) is 0 Å². The van der Waals surface area contributed by atoms with Gasteiger partial charge in [0.25, 0.3) is 0 Å². The van der Waals surface area contributed by atoms with Gasteiger partial charge in [0, 0.05) is 19.6 Å². The number of guanidine groups is 1. The van der Waals surface area contributed by atoms with Crippen molar-refractivity contribution >= 4 is 5.96 Å². The van der Waals surface area contributed by atoms with Crippen LogP contribution >= 0.6 is 0 Å². The van der Waals surface area contributed by atoms with Crippen LogP contribution in [0.15, 0.2) is 4.99 Å². The Bertz CT molecular complexity index is 306. The topological polar surface area (TPSA) is 46.1 Å². The number of ether oxygens (including phenoxy) is 2. The summed E-state index contributed by atoms with van der Waals surface area (Å²) in [6, 6.07) is 0. The van der Waals surface area contributed by atoms with E-state index in [1.807, 2.05) is 0 Å². The van der Waals surface area contributed by atoms with Crippen LogP contribution in [0, 0.1) is 11.8 Å². The number of nitrogens with one attached hydrogen (secondary N) is 1. The third-order valence-corrected chi connectivity index (χ3v) is 3.83. The number of rotatable bonds is 3. The van der Waals surface area contributed by atoms with Crippen LogP contribution in [0.25, 0.3) is 0 Å². The average molecular weight is 283 g/mol. The third kappa shape index (κ3) is 4.63. The van der Waals surface area contributed by atoms with E-state index in [0.717, 1.165) is 37.4 Å². The summed E-state index contributed by atoms with van der Waals surface area (Å²) in [7, 11) is 0. The largest absolute Gasteiger partial charge is 0.376 e. The standard InChI is InChI=1S/C15H29N3O2/c1-4-16-15(17-8-14-11-19-5-6-20-14)18-9-12(2)7-13(3)10-18/h12-14H,4-11H2,1-3H3,(H,16,17). The van der Waals surface area contributed by atoms with Crippen LogP contribution < -0.4 is 5.32 Å². The van der Waals surface area contributed by atoms with E-state index in [-0.39, 0.29) is 6.10 Å². The van der Waals surface area contributed by atoms with Gasteiger partial charge in [-0.1, -0.05) is 13.8 Å². The molecule has 0 radical (unpaired) electrons. The Hall–Kier alpha value is -0.810. The van der Waals surface area contributed by atoms with Gasteiger partial charge in [-0.25, -0.2) is 0 Å². The van der Waals surface area contributed by atoms with Crippen LogP contribution in [0.1, 0.15) is 27.2 Å². The zero-order valence-corrected chi connectivity index (χ0v) is 13.1. The first-order chi connectivity index (χ1) is 9.69. The van der Waals surface area contributed by atoms with Crippen LogP contribution in [-0.4, -0.2) is 63.0 Å². The maximum absolute atomic E-state index is 5.66. The lowest BCUT2D eigenvalue weighted by molar-refractivity contribution is -0.0833. The molecule has 2 aliphatic heterocycles. The van der Waals surface area contributed by atoms with E-state index >= 15 is 0 Å². The summed E-state index contributed by atoms with van der Waals surface area (Å²) in [6.07, 6.45) is 1.42. The van der Waals surface area contributed by atoms with E-state index < -0.39 is 0 Å². The van der Waals surface area contributed by atoms with Crippen molar-refractivity contribution in [3.63, 3.8) is 0 Å². The molecule has 2 saturated heterocycles. The fraction of sp³-hybridized carbons (Fsp3) is 0.933. The van der Waals surface area contributed by atoms with Crippen molar-refractivity contribution in [1.82, 2.24) is 10.2 Å². The Labute approximate surface area is 122 Å². The van der Waals surface area contributed by atoms with Crippen LogP contribution in [0.4, 0.5) is 0 Å². The number of likely N-dealkylation sites (tertiary alicyclic amines) is 1. The highest BCUT2D eigenvalue weighted by Crippen LogP contribution is 2.20. The SMILES string of the molecule is CCNC(=NCC1COCCO1)N1CC(C)CC(C)C1. The number of aliphatic imine (C=N–C) groups is 1. The minimum Gasteiger partial charge on any atom is -0.376 e. The first-order valence-corrected chi connectivity index (χ1v) is 7.91. The molecule has 0 aliphatic carbocycles. The van der Waals surface area contributed by atoms with E-state index in [1.165, 1.54) is 6.42 Å². The van der Waals surface area contributed by atoms with E-state index in [9.17, 15) is 0 Å². The molecule has 2 heterocycles. The van der Waals surface area contributed by atoms with Gasteiger partial charge in [-0.3, -0.25) is 4.99 Å². The minimum atomic E-state index is 0.108. The fourth-order valence-corrected chi connectivity index (χ4v) is 3.09. The lowest BCUT2D eigenvalue weighted by atomic mass is 9.92. The van der Waals surface area contributed by atoms with Gasteiger partial charge in [0.05, 0.1) is 26.4 Å². The maximum atomic E-state index is 5.66. The quantitative estimate of drug-likeness (QED) is 0.627. The molecule has 0 aromatic heterocycles. The molecule has 1 N–H and O–H groups in total. The van der Waals surface area contributed by atoms with Gasteiger partial charge in [-0.2, -0.15) is 0 Å². The number of hydrogen-bond acceptors (Lipinski definition) is 3. The van der Waals surface area contributed by atoms with Gasteiger partial charge in [0.1, 0.15) is 6.10 Å². The molecular formula is C15H29N3O2. The molecule has 2 aliphatic rings. The second-order valence-electron chi connectivity index (χ2n) is 6.11. The van der Waals surface area contributed by atoms with E-state index in [1.54, 1.807) is 0 Å². The summed E-state index contributed by atoms with van der Waals surface area (Å²) >= 11 is 0. The zero-order chi connectivity index (χ0) is 14.4. The number of hydrogen-bond donors (Lipinski definition) is 1. The second kappa shape index (κ2) is 7.84. The van der Waals surface area contributed by atoms with Crippen molar-refractivity contribution in [2.45, 2.75) is 33.3 Å². The summed E-state index contributed by atoms with van der Waals surface area (Å²) in [5.41, 5.74) is 0. The molecule has 2 rings (SSSR count). The van der Waals surface area contributed by atoms with Crippen molar-refractivity contribution < 1.29 is 9.47 Å². The monoisotopic (exact) mass is 283 g/mol. The van der Waals surface area contributed by atoms with Crippen LogP contribution in [0.2, 0.25) is 0 Å². The Morgan fingerprint density at radius 1 is 1.25 bits per heavy atom. The average Bonchev–Trinajstić information content (AvgIpc) is 2.43. The summed E-state index contributed by atoms with van der Waals surface area (Å²) < 4.78 is 11.1. The Morgan fingerprint density at radius 3 is 2.60 bits per heavy atom. The summed E-state index contributed by atoms with van der Waals surface area (Å²) in [5, 5.41) is 3.41. The minimum absolute atomic E-state index is 0.108. The Morgan fingerprint density at radius 2 is 2.00 bits per heavy atom. The fourth-order valence-electron chi connectivity index (χ4n) is 3.09. The number of nitrogens with zero attached hydrogens (tertiary/aromatic N) is 2. The molecule has 5 nitrogen and oxygen atoms in total. The highest BCUT2D eigenvalue weighted by molar-refractivity contribution is 5.80. The molecule has 0 aromatic rings. The molecule has 20 heavy (non-hydrogen) atoms. The highest BCUT2D eigenvalue weighted by atomic mass is 16.6. The van der Waals surface area contributed by atoms with Gasteiger partial charge in [-0.05, 0) is 25.2 Å². The summed E-state index contributed by atoms with van der Waals surface area (Å²) in [6.45, 7) is 12.6. The molecular weight excluding hydrogens is 254 g/mol. The molecule has 0 aromatic carbocycles. The van der Waals surface area contributed by atoms with Gasteiger partial charge in [0.15, 0.2) is 5.96 Å². The van der Waals surface area contributed by atoms with Gasteiger partial charge in [-0.15, -0.1) is 0 Å². The second-order valence-corrected chi connectivity index (χ2v) is 6.11. The highest BCUT2D eigenvalue weighted by Gasteiger charge is 2.24. The van der Waals surface area contributed by atoms with E-state index in [2.05, 4.69) is 31.0 Å². The van der Waals surface area contributed by atoms with Gasteiger partial charge in [0.2, 0.25) is 0 Å². The summed E-state index contributed by atoms with van der Waals surface area (Å²) in [5.74, 6) is 2.49. The predicted octanol–water partition coefficient (Wildman–Crippen LogP) is 1.35. The molecule has 0 saturated carbocycles. The number of piperidine rings is 1. The van der Waals surface area contributed by atoms with Gasteiger partial charge >= 0.3 is 0 Å². The maximum Gasteiger partial charge on any atom is 0.194 e. The predicted molar refractivity (Wildman–Crippen MR) is 81.1 cm³/mol. The van der Waals surface area contributed by atoms with E-state index in [0.29, 0.717) is 26.4 Å². The smallest absolute Gasteiger partial charge is 0.194 e. The first kappa shape index (κ1) is 15.6. The first-order valence-electron chi connectivity index (χ1n) is 7.91. The molecule has 3 atom stereocenters. The molecule has 0 amide bonds. The van der Waals surface area contributed by atoms with Crippen molar-refractivity contribution in [1.29, 1.82) is 0 Å². The molecule has 3 unspecified atom stereocenters. The van der Waals surface area contributed by atoms with Crippen molar-refractivity contribution in [3.8, 4) is 0 Å². The Balaban J connectivity index is 1.93. The molecule has 2 fully saturated rings. The lowest BCUT2D eigenvalue weighted by Gasteiger charge is -2.37. The third-order valence-electron chi connectivity index (χ3n) is 3.83. The van der Waals surface area contributed by atoms with Crippen molar-refractivity contribution in [3.05, 3.63) is 0 Å². The lowest BCUT2D eigenvalue weighted by Crippen LogP contribution is -2.49. The van der Waals surface area contributed by atoms with Gasteiger partial charge < -0.3 is 19.7 Å². The van der Waals surface area contributed by atoms with Crippen LogP contribution in [-0.2, 0) is 9.47 Å².